The molecule has 0 aliphatic heterocycles. The molecule has 0 atom stereocenters. The predicted octanol–water partition coefficient (Wildman–Crippen LogP) is 6.40. The molecule has 142 valence electrons. The lowest BCUT2D eigenvalue weighted by molar-refractivity contribution is 0.569. The van der Waals surface area contributed by atoms with Crippen molar-refractivity contribution >= 4 is 28.8 Å². The summed E-state index contributed by atoms with van der Waals surface area (Å²) in [6.07, 6.45) is 0. The van der Waals surface area contributed by atoms with E-state index in [1.807, 2.05) is 66.0 Å². The second kappa shape index (κ2) is 6.95. The lowest BCUT2D eigenvalue weighted by Gasteiger charge is -2.20. The number of nitrogens with zero attached hydrogens (tertiary/aromatic N) is 3. The van der Waals surface area contributed by atoms with E-state index in [0.717, 1.165) is 39.7 Å². The summed E-state index contributed by atoms with van der Waals surface area (Å²) in [7, 11) is 0. The molecular weight excluding hydrogens is 368 g/mol. The average molecular weight is 391 g/mol. The molecule has 5 heteroatoms. The van der Waals surface area contributed by atoms with Crippen LogP contribution < -0.4 is 5.32 Å². The standard InChI is InChI=1S/C23H23ClN4/c1-15-21(16-10-12-17(24)13-11-16)22-26-19(23(2,3)4)14-20(28(22)27-15)25-18-8-6-5-7-9-18/h5-14,25H,1-4H3. The van der Waals surface area contributed by atoms with Gasteiger partial charge in [0.05, 0.1) is 11.4 Å². The zero-order valence-electron chi connectivity index (χ0n) is 16.5. The van der Waals surface area contributed by atoms with Gasteiger partial charge in [0, 0.05) is 27.8 Å². The molecule has 0 spiro atoms. The number of aromatic nitrogens is 3. The highest BCUT2D eigenvalue weighted by Crippen LogP contribution is 2.33. The summed E-state index contributed by atoms with van der Waals surface area (Å²) in [6.45, 7) is 8.53. The second-order valence-corrected chi connectivity index (χ2v) is 8.41. The van der Waals surface area contributed by atoms with Gasteiger partial charge in [-0.1, -0.05) is 62.7 Å². The third kappa shape index (κ3) is 3.48. The van der Waals surface area contributed by atoms with Crippen LogP contribution in [0, 0.1) is 6.92 Å². The summed E-state index contributed by atoms with van der Waals surface area (Å²) < 4.78 is 1.89. The van der Waals surface area contributed by atoms with Crippen LogP contribution in [-0.4, -0.2) is 14.6 Å². The van der Waals surface area contributed by atoms with Gasteiger partial charge in [0.2, 0.25) is 0 Å². The summed E-state index contributed by atoms with van der Waals surface area (Å²) in [5.74, 6) is 0.893. The molecule has 0 amide bonds. The van der Waals surface area contributed by atoms with Crippen molar-refractivity contribution in [1.29, 1.82) is 0 Å². The molecule has 0 fully saturated rings. The fourth-order valence-corrected chi connectivity index (χ4v) is 3.35. The first-order valence-corrected chi connectivity index (χ1v) is 9.69. The van der Waals surface area contributed by atoms with E-state index in [2.05, 4.69) is 32.2 Å². The molecule has 0 aliphatic carbocycles. The summed E-state index contributed by atoms with van der Waals surface area (Å²) >= 11 is 6.09. The average Bonchev–Trinajstić information content (AvgIpc) is 2.99. The van der Waals surface area contributed by atoms with Crippen molar-refractivity contribution in [3.05, 3.63) is 77.1 Å². The van der Waals surface area contributed by atoms with Crippen LogP contribution in [0.2, 0.25) is 5.02 Å². The van der Waals surface area contributed by atoms with Crippen molar-refractivity contribution in [2.24, 2.45) is 0 Å². The fraction of sp³-hybridized carbons (Fsp3) is 0.217. The van der Waals surface area contributed by atoms with Gasteiger partial charge in [-0.2, -0.15) is 9.61 Å². The van der Waals surface area contributed by atoms with Crippen molar-refractivity contribution in [3.63, 3.8) is 0 Å². The largest absolute Gasteiger partial charge is 0.340 e. The number of para-hydroxylation sites is 1. The second-order valence-electron chi connectivity index (χ2n) is 7.97. The monoisotopic (exact) mass is 390 g/mol. The number of nitrogens with one attached hydrogen (secondary N) is 1. The Morgan fingerprint density at radius 3 is 2.29 bits per heavy atom. The zero-order valence-corrected chi connectivity index (χ0v) is 17.2. The molecular formula is C23H23ClN4. The molecule has 4 aromatic rings. The van der Waals surface area contributed by atoms with Gasteiger partial charge < -0.3 is 5.32 Å². The van der Waals surface area contributed by atoms with Gasteiger partial charge >= 0.3 is 0 Å². The number of anilines is 2. The predicted molar refractivity (Wildman–Crippen MR) is 117 cm³/mol. The Morgan fingerprint density at radius 1 is 0.964 bits per heavy atom. The van der Waals surface area contributed by atoms with Gasteiger partial charge in [-0.25, -0.2) is 4.98 Å². The topological polar surface area (TPSA) is 42.2 Å². The minimum absolute atomic E-state index is 0.0929. The zero-order chi connectivity index (χ0) is 19.9. The van der Waals surface area contributed by atoms with Gasteiger partial charge in [0.15, 0.2) is 5.65 Å². The van der Waals surface area contributed by atoms with Crippen LogP contribution in [0.25, 0.3) is 16.8 Å². The molecule has 0 bridgehead atoms. The maximum absolute atomic E-state index is 6.09. The van der Waals surface area contributed by atoms with Crippen LogP contribution in [0.4, 0.5) is 11.5 Å². The summed E-state index contributed by atoms with van der Waals surface area (Å²) in [6, 6.07) is 20.0. The van der Waals surface area contributed by atoms with E-state index in [4.69, 9.17) is 21.7 Å². The first-order chi connectivity index (χ1) is 13.3. The molecule has 0 saturated carbocycles. The fourth-order valence-electron chi connectivity index (χ4n) is 3.22. The number of aryl methyl sites for hydroxylation is 1. The molecule has 0 unspecified atom stereocenters. The van der Waals surface area contributed by atoms with Crippen LogP contribution >= 0.6 is 11.6 Å². The Bertz CT molecular complexity index is 1120. The van der Waals surface area contributed by atoms with Crippen LogP contribution in [0.1, 0.15) is 32.2 Å². The molecule has 1 N–H and O–H groups in total. The van der Waals surface area contributed by atoms with Crippen molar-refractivity contribution in [2.45, 2.75) is 33.1 Å². The molecule has 2 aromatic carbocycles. The third-order valence-corrected chi connectivity index (χ3v) is 4.96. The smallest absolute Gasteiger partial charge is 0.165 e. The number of rotatable bonds is 3. The molecule has 2 aromatic heterocycles. The lowest BCUT2D eigenvalue weighted by atomic mass is 9.92. The maximum atomic E-state index is 6.09. The third-order valence-electron chi connectivity index (χ3n) is 4.71. The Balaban J connectivity index is 1.96. The summed E-state index contributed by atoms with van der Waals surface area (Å²) in [5.41, 5.74) is 5.77. The van der Waals surface area contributed by atoms with Gasteiger partial charge in [-0.3, -0.25) is 0 Å². The molecule has 4 nitrogen and oxygen atoms in total. The van der Waals surface area contributed by atoms with E-state index < -0.39 is 0 Å². The van der Waals surface area contributed by atoms with E-state index in [0.29, 0.717) is 5.02 Å². The number of halogens is 1. The molecule has 2 heterocycles. The van der Waals surface area contributed by atoms with E-state index in [-0.39, 0.29) is 5.41 Å². The summed E-state index contributed by atoms with van der Waals surface area (Å²) in [4.78, 5) is 5.00. The Kier molecular flexibility index (Phi) is 4.60. The van der Waals surface area contributed by atoms with Crippen molar-refractivity contribution in [1.82, 2.24) is 14.6 Å². The van der Waals surface area contributed by atoms with Gasteiger partial charge in [0.25, 0.3) is 0 Å². The normalized spacial score (nSPS) is 11.8. The van der Waals surface area contributed by atoms with E-state index in [1.54, 1.807) is 0 Å². The van der Waals surface area contributed by atoms with Gasteiger partial charge in [-0.05, 0) is 36.8 Å². The van der Waals surface area contributed by atoms with E-state index >= 15 is 0 Å². The van der Waals surface area contributed by atoms with Crippen LogP contribution in [-0.2, 0) is 5.41 Å². The van der Waals surface area contributed by atoms with Gasteiger partial charge in [0.1, 0.15) is 5.82 Å². The van der Waals surface area contributed by atoms with Gasteiger partial charge in [-0.15, -0.1) is 0 Å². The molecule has 4 rings (SSSR count). The highest BCUT2D eigenvalue weighted by Gasteiger charge is 2.22. The Morgan fingerprint density at radius 2 is 1.64 bits per heavy atom. The van der Waals surface area contributed by atoms with Crippen molar-refractivity contribution in [3.8, 4) is 11.1 Å². The Hall–Kier alpha value is -2.85. The van der Waals surface area contributed by atoms with E-state index in [9.17, 15) is 0 Å². The minimum Gasteiger partial charge on any atom is -0.340 e. The molecule has 0 saturated heterocycles. The Labute approximate surface area is 170 Å². The highest BCUT2D eigenvalue weighted by atomic mass is 35.5. The van der Waals surface area contributed by atoms with Crippen LogP contribution in [0.15, 0.2) is 60.7 Å². The van der Waals surface area contributed by atoms with Crippen LogP contribution in [0.5, 0.6) is 0 Å². The number of hydrogen-bond donors (Lipinski definition) is 1. The maximum Gasteiger partial charge on any atom is 0.165 e. The first kappa shape index (κ1) is 18.5. The summed E-state index contributed by atoms with van der Waals surface area (Å²) in [5, 5.41) is 9.01. The quantitative estimate of drug-likeness (QED) is 0.440. The highest BCUT2D eigenvalue weighted by molar-refractivity contribution is 6.30. The van der Waals surface area contributed by atoms with Crippen molar-refractivity contribution in [2.75, 3.05) is 5.32 Å². The number of fused-ring (bicyclic) bond motifs is 1. The minimum atomic E-state index is -0.0929. The van der Waals surface area contributed by atoms with E-state index in [1.165, 1.54) is 0 Å². The lowest BCUT2D eigenvalue weighted by Crippen LogP contribution is -2.16. The van der Waals surface area contributed by atoms with Crippen LogP contribution in [0.3, 0.4) is 0 Å². The number of benzene rings is 2. The molecule has 0 radical (unpaired) electrons. The number of hydrogen-bond acceptors (Lipinski definition) is 3. The molecule has 0 aliphatic rings. The van der Waals surface area contributed by atoms with Crippen molar-refractivity contribution < 1.29 is 0 Å². The first-order valence-electron chi connectivity index (χ1n) is 9.32. The molecule has 28 heavy (non-hydrogen) atoms. The SMILES string of the molecule is Cc1nn2c(Nc3ccccc3)cc(C(C)(C)C)nc2c1-c1ccc(Cl)cc1.